The van der Waals surface area contributed by atoms with Crippen molar-refractivity contribution >= 4 is 27.7 Å². The number of carboxylic acids is 1. The Morgan fingerprint density at radius 1 is 1.27 bits per heavy atom. The summed E-state index contributed by atoms with van der Waals surface area (Å²) in [5, 5.41) is 9.41. The van der Waals surface area contributed by atoms with E-state index in [2.05, 4.69) is 15.9 Å². The van der Waals surface area contributed by atoms with Crippen molar-refractivity contribution in [1.29, 1.82) is 0 Å². The predicted molar refractivity (Wildman–Crippen MR) is 60.9 cm³/mol. The number of carbonyl (C=O) groups excluding carboxylic acids is 1. The van der Waals surface area contributed by atoms with Gasteiger partial charge in [-0.05, 0) is 30.7 Å². The lowest BCUT2D eigenvalue weighted by Gasteiger charge is -2.03. The first-order chi connectivity index (χ1) is 7.04. The van der Waals surface area contributed by atoms with E-state index in [0.717, 1.165) is 5.56 Å². The monoisotopic (exact) mass is 270 g/mol. The molecule has 1 aromatic carbocycles. The molecular formula is C11H11BrO3. The van der Waals surface area contributed by atoms with Gasteiger partial charge in [-0.3, -0.25) is 4.79 Å². The van der Waals surface area contributed by atoms with Crippen LogP contribution in [0.1, 0.15) is 32.7 Å². The number of aryl methyl sites for hydroxylation is 1. The molecule has 1 rings (SSSR count). The van der Waals surface area contributed by atoms with E-state index in [1.807, 2.05) is 0 Å². The maximum absolute atomic E-state index is 11.5. The summed E-state index contributed by atoms with van der Waals surface area (Å²) in [4.78, 5) is 22.3. The number of rotatable bonds is 4. The van der Waals surface area contributed by atoms with Crippen LogP contribution < -0.4 is 0 Å². The van der Waals surface area contributed by atoms with E-state index in [1.165, 1.54) is 6.07 Å². The molecule has 15 heavy (non-hydrogen) atoms. The normalized spacial score (nSPS) is 10.0. The van der Waals surface area contributed by atoms with Gasteiger partial charge in [-0.2, -0.15) is 0 Å². The van der Waals surface area contributed by atoms with Gasteiger partial charge in [0.2, 0.25) is 0 Å². The van der Waals surface area contributed by atoms with E-state index in [1.54, 1.807) is 19.1 Å². The third kappa shape index (κ3) is 3.16. The molecule has 0 spiro atoms. The lowest BCUT2D eigenvalue weighted by molar-refractivity contribution is 0.0697. The van der Waals surface area contributed by atoms with Gasteiger partial charge >= 0.3 is 5.97 Å². The molecule has 0 aromatic heterocycles. The van der Waals surface area contributed by atoms with E-state index in [-0.39, 0.29) is 11.3 Å². The largest absolute Gasteiger partial charge is 0.478 e. The summed E-state index contributed by atoms with van der Waals surface area (Å²) in [6, 6.07) is 4.67. The van der Waals surface area contributed by atoms with Gasteiger partial charge in [0.15, 0.2) is 5.78 Å². The molecule has 0 heterocycles. The smallest absolute Gasteiger partial charge is 0.335 e. The zero-order chi connectivity index (χ0) is 11.4. The first-order valence-electron chi connectivity index (χ1n) is 4.48. The second-order valence-electron chi connectivity index (χ2n) is 3.26. The highest BCUT2D eigenvalue weighted by molar-refractivity contribution is 9.09. The standard InChI is InChI=1S/C11H11BrO3/c1-7-4-8(10(13)2-3-12)6-9(5-7)11(14)15/h4-6H,2-3H2,1H3,(H,14,15). The van der Waals surface area contributed by atoms with Crippen LogP contribution in [0.2, 0.25) is 0 Å². The van der Waals surface area contributed by atoms with Crippen molar-refractivity contribution in [3.8, 4) is 0 Å². The molecule has 0 amide bonds. The quantitative estimate of drug-likeness (QED) is 0.676. The van der Waals surface area contributed by atoms with Gasteiger partial charge in [-0.1, -0.05) is 15.9 Å². The molecule has 0 saturated heterocycles. The lowest BCUT2D eigenvalue weighted by Crippen LogP contribution is -2.04. The summed E-state index contributed by atoms with van der Waals surface area (Å²) in [7, 11) is 0. The number of aromatic carboxylic acids is 1. The van der Waals surface area contributed by atoms with Crippen LogP contribution in [0.3, 0.4) is 0 Å². The van der Waals surface area contributed by atoms with Gasteiger partial charge < -0.3 is 5.11 Å². The summed E-state index contributed by atoms with van der Waals surface area (Å²) < 4.78 is 0. The minimum Gasteiger partial charge on any atom is -0.478 e. The Morgan fingerprint density at radius 3 is 2.40 bits per heavy atom. The van der Waals surface area contributed by atoms with Gasteiger partial charge in [-0.15, -0.1) is 0 Å². The highest BCUT2D eigenvalue weighted by atomic mass is 79.9. The number of ketones is 1. The Kier molecular flexibility index (Phi) is 4.03. The van der Waals surface area contributed by atoms with Crippen molar-refractivity contribution in [1.82, 2.24) is 0 Å². The van der Waals surface area contributed by atoms with Crippen molar-refractivity contribution in [3.63, 3.8) is 0 Å². The first kappa shape index (κ1) is 11.9. The van der Waals surface area contributed by atoms with Crippen molar-refractivity contribution in [2.45, 2.75) is 13.3 Å². The summed E-state index contributed by atoms with van der Waals surface area (Å²) in [6.45, 7) is 1.78. The third-order valence-electron chi connectivity index (χ3n) is 1.97. The maximum Gasteiger partial charge on any atom is 0.335 e. The fourth-order valence-corrected chi connectivity index (χ4v) is 1.66. The highest BCUT2D eigenvalue weighted by Crippen LogP contribution is 2.12. The number of hydrogen-bond donors (Lipinski definition) is 1. The van der Waals surface area contributed by atoms with Crippen molar-refractivity contribution < 1.29 is 14.7 Å². The Labute approximate surface area is 96.2 Å². The van der Waals surface area contributed by atoms with Crippen LogP contribution in [0.4, 0.5) is 0 Å². The average Bonchev–Trinajstić information content (AvgIpc) is 2.17. The van der Waals surface area contributed by atoms with Crippen LogP contribution in [-0.4, -0.2) is 22.2 Å². The first-order valence-corrected chi connectivity index (χ1v) is 5.61. The Balaban J connectivity index is 3.09. The molecule has 0 aliphatic carbocycles. The van der Waals surface area contributed by atoms with Gasteiger partial charge in [0.1, 0.15) is 0 Å². The number of carbonyl (C=O) groups is 2. The van der Waals surface area contributed by atoms with Crippen molar-refractivity contribution in [2.24, 2.45) is 0 Å². The van der Waals surface area contributed by atoms with Crippen LogP contribution in [0, 0.1) is 6.92 Å². The van der Waals surface area contributed by atoms with E-state index in [9.17, 15) is 9.59 Å². The second-order valence-corrected chi connectivity index (χ2v) is 4.05. The molecule has 0 atom stereocenters. The van der Waals surface area contributed by atoms with Crippen molar-refractivity contribution in [3.05, 3.63) is 34.9 Å². The molecular weight excluding hydrogens is 260 g/mol. The van der Waals surface area contributed by atoms with E-state index >= 15 is 0 Å². The van der Waals surface area contributed by atoms with Gasteiger partial charge in [0.25, 0.3) is 0 Å². The molecule has 0 unspecified atom stereocenters. The van der Waals surface area contributed by atoms with E-state index in [0.29, 0.717) is 17.3 Å². The molecule has 0 bridgehead atoms. The molecule has 0 aliphatic rings. The molecule has 0 saturated carbocycles. The van der Waals surface area contributed by atoms with Crippen LogP contribution in [0.5, 0.6) is 0 Å². The molecule has 1 N–H and O–H groups in total. The minimum absolute atomic E-state index is 0.0434. The van der Waals surface area contributed by atoms with Crippen molar-refractivity contribution in [2.75, 3.05) is 5.33 Å². The maximum atomic E-state index is 11.5. The van der Waals surface area contributed by atoms with E-state index in [4.69, 9.17) is 5.11 Å². The van der Waals surface area contributed by atoms with Gasteiger partial charge in [-0.25, -0.2) is 4.79 Å². The molecule has 0 aliphatic heterocycles. The number of Topliss-reactive ketones (excluding diaryl/α,β-unsaturated/α-hetero) is 1. The van der Waals surface area contributed by atoms with Crippen LogP contribution >= 0.6 is 15.9 Å². The Morgan fingerprint density at radius 2 is 1.87 bits per heavy atom. The Bertz CT molecular complexity index is 399. The summed E-state index contributed by atoms with van der Waals surface area (Å²) in [5.41, 5.74) is 1.41. The summed E-state index contributed by atoms with van der Waals surface area (Å²) in [5.74, 6) is -1.05. The number of benzene rings is 1. The van der Waals surface area contributed by atoms with Crippen LogP contribution in [0.25, 0.3) is 0 Å². The number of halogens is 1. The lowest BCUT2D eigenvalue weighted by atomic mass is 10.0. The Hall–Kier alpha value is -1.16. The molecule has 80 valence electrons. The van der Waals surface area contributed by atoms with Gasteiger partial charge in [0.05, 0.1) is 5.56 Å². The highest BCUT2D eigenvalue weighted by Gasteiger charge is 2.10. The van der Waals surface area contributed by atoms with Crippen LogP contribution in [0.15, 0.2) is 18.2 Å². The predicted octanol–water partition coefficient (Wildman–Crippen LogP) is 2.66. The SMILES string of the molecule is Cc1cc(C(=O)O)cc(C(=O)CCBr)c1. The summed E-state index contributed by atoms with van der Waals surface area (Å²) in [6.07, 6.45) is 0.377. The number of alkyl halides is 1. The zero-order valence-electron chi connectivity index (χ0n) is 8.29. The third-order valence-corrected chi connectivity index (χ3v) is 2.36. The van der Waals surface area contributed by atoms with Gasteiger partial charge in [0, 0.05) is 17.3 Å². The number of hydrogen-bond acceptors (Lipinski definition) is 2. The molecule has 4 heteroatoms. The molecule has 3 nitrogen and oxygen atoms in total. The second kappa shape index (κ2) is 5.07. The fraction of sp³-hybridized carbons (Fsp3) is 0.273. The zero-order valence-corrected chi connectivity index (χ0v) is 9.87. The minimum atomic E-state index is -1.01. The molecule has 1 aromatic rings. The molecule has 0 radical (unpaired) electrons. The number of carboxylic acid groups (broad SMARTS) is 1. The fourth-order valence-electron chi connectivity index (χ4n) is 1.30. The van der Waals surface area contributed by atoms with Crippen LogP contribution in [-0.2, 0) is 0 Å². The molecule has 0 fully saturated rings. The topological polar surface area (TPSA) is 54.4 Å². The average molecular weight is 271 g/mol. The van der Waals surface area contributed by atoms with E-state index < -0.39 is 5.97 Å². The summed E-state index contributed by atoms with van der Waals surface area (Å²) >= 11 is 3.18.